The third-order valence-electron chi connectivity index (χ3n) is 5.51. The number of hydrogen-bond acceptors (Lipinski definition) is 2. The summed E-state index contributed by atoms with van der Waals surface area (Å²) < 4.78 is 45.2. The highest BCUT2D eigenvalue weighted by atomic mass is 19.4. The summed E-state index contributed by atoms with van der Waals surface area (Å²) in [6.07, 6.45) is -1.75. The lowest BCUT2D eigenvalue weighted by Gasteiger charge is -2.19. The third kappa shape index (κ3) is 2.53. The predicted molar refractivity (Wildman–Crippen MR) is 86.6 cm³/mol. The van der Waals surface area contributed by atoms with Crippen molar-refractivity contribution in [2.24, 2.45) is 0 Å². The lowest BCUT2D eigenvalue weighted by atomic mass is 9.88. The molecule has 0 saturated heterocycles. The van der Waals surface area contributed by atoms with Crippen molar-refractivity contribution in [3.05, 3.63) is 70.3 Å². The zero-order valence-electron chi connectivity index (χ0n) is 13.7. The quantitative estimate of drug-likeness (QED) is 0.711. The second-order valence-corrected chi connectivity index (χ2v) is 6.92. The molecule has 0 radical (unpaired) electrons. The second-order valence-electron chi connectivity index (χ2n) is 6.92. The average molecular weight is 346 g/mol. The topological polar surface area (TPSA) is 26.3 Å². The molecule has 1 saturated carbocycles. The summed E-state index contributed by atoms with van der Waals surface area (Å²) in [5, 5.41) is 0. The van der Waals surface area contributed by atoms with Gasteiger partial charge in [0, 0.05) is 5.92 Å². The van der Waals surface area contributed by atoms with E-state index < -0.39 is 17.7 Å². The van der Waals surface area contributed by atoms with Crippen LogP contribution in [0.3, 0.4) is 0 Å². The number of alkyl halides is 3. The molecule has 0 amide bonds. The molecular weight excluding hydrogens is 329 g/mol. The number of benzene rings is 2. The Kier molecular flexibility index (Phi) is 3.46. The highest BCUT2D eigenvalue weighted by Gasteiger charge is 2.53. The Morgan fingerprint density at radius 1 is 1.12 bits per heavy atom. The summed E-state index contributed by atoms with van der Waals surface area (Å²) in [6.45, 7) is 0. The molecule has 1 unspecified atom stereocenters. The Morgan fingerprint density at radius 3 is 2.48 bits per heavy atom. The van der Waals surface area contributed by atoms with Gasteiger partial charge in [0.25, 0.3) is 0 Å². The molecule has 0 bridgehead atoms. The van der Waals surface area contributed by atoms with E-state index in [0.717, 1.165) is 30.0 Å². The summed E-state index contributed by atoms with van der Waals surface area (Å²) in [5.74, 6) is -0.817. The van der Waals surface area contributed by atoms with E-state index in [2.05, 4.69) is 0 Å². The molecule has 0 aromatic heterocycles. The highest BCUT2D eigenvalue weighted by Crippen LogP contribution is 2.62. The minimum absolute atomic E-state index is 0.0205. The van der Waals surface area contributed by atoms with E-state index in [1.54, 1.807) is 24.3 Å². The standard InChI is InChI=1S/C20H17F3O2/c1-25-18(24)12-6-7-16-14(10-12)15(11-19(16)8-9-19)13-4-2-3-5-17(13)20(21,22)23/h2-7,10,15H,8-9,11H2,1H3. The normalized spacial score (nSPS) is 20.4. The molecular formula is C20H17F3O2. The molecule has 1 atom stereocenters. The number of methoxy groups -OCH3 is 1. The van der Waals surface area contributed by atoms with Crippen LogP contribution in [-0.4, -0.2) is 13.1 Å². The smallest absolute Gasteiger partial charge is 0.416 e. The molecule has 2 aliphatic rings. The lowest BCUT2D eigenvalue weighted by Crippen LogP contribution is -2.12. The highest BCUT2D eigenvalue weighted by molar-refractivity contribution is 5.90. The number of carbonyl (C=O) groups excluding carboxylic acids is 1. The van der Waals surface area contributed by atoms with Gasteiger partial charge in [-0.3, -0.25) is 0 Å². The van der Waals surface area contributed by atoms with Crippen molar-refractivity contribution in [1.29, 1.82) is 0 Å². The molecule has 5 heteroatoms. The van der Waals surface area contributed by atoms with Gasteiger partial charge >= 0.3 is 12.1 Å². The largest absolute Gasteiger partial charge is 0.465 e. The monoisotopic (exact) mass is 346 g/mol. The van der Waals surface area contributed by atoms with E-state index in [4.69, 9.17) is 4.74 Å². The molecule has 2 nitrogen and oxygen atoms in total. The van der Waals surface area contributed by atoms with Gasteiger partial charge in [-0.15, -0.1) is 0 Å². The van der Waals surface area contributed by atoms with Gasteiger partial charge in [-0.25, -0.2) is 4.79 Å². The molecule has 25 heavy (non-hydrogen) atoms. The number of fused-ring (bicyclic) bond motifs is 2. The molecule has 130 valence electrons. The lowest BCUT2D eigenvalue weighted by molar-refractivity contribution is -0.138. The zero-order valence-corrected chi connectivity index (χ0v) is 13.7. The van der Waals surface area contributed by atoms with Crippen LogP contribution in [0.2, 0.25) is 0 Å². The van der Waals surface area contributed by atoms with Gasteiger partial charge in [0.2, 0.25) is 0 Å². The summed E-state index contributed by atoms with van der Waals surface area (Å²) >= 11 is 0. The van der Waals surface area contributed by atoms with Gasteiger partial charge in [0.1, 0.15) is 0 Å². The number of carbonyl (C=O) groups is 1. The Balaban J connectivity index is 1.86. The summed E-state index contributed by atoms with van der Waals surface area (Å²) in [4.78, 5) is 11.9. The van der Waals surface area contributed by atoms with Crippen LogP contribution in [0.1, 0.15) is 57.8 Å². The molecule has 4 rings (SSSR count). The number of halogens is 3. The van der Waals surface area contributed by atoms with Crippen molar-refractivity contribution < 1.29 is 22.7 Å². The number of hydrogen-bond donors (Lipinski definition) is 0. The van der Waals surface area contributed by atoms with Gasteiger partial charge in [-0.2, -0.15) is 13.2 Å². The molecule has 2 aromatic rings. The van der Waals surface area contributed by atoms with Gasteiger partial charge in [0.15, 0.2) is 0 Å². The number of ether oxygens (including phenoxy) is 1. The molecule has 2 aliphatic carbocycles. The predicted octanol–water partition coefficient (Wildman–Crippen LogP) is 5.06. The Bertz CT molecular complexity index is 850. The SMILES string of the molecule is COC(=O)c1ccc2c(c1)C(c1ccccc1C(F)(F)F)CC21CC1. The van der Waals surface area contributed by atoms with Crippen LogP contribution in [0, 0.1) is 0 Å². The van der Waals surface area contributed by atoms with Gasteiger partial charge in [0.05, 0.1) is 18.2 Å². The summed E-state index contributed by atoms with van der Waals surface area (Å²) in [6, 6.07) is 11.1. The Morgan fingerprint density at radius 2 is 1.84 bits per heavy atom. The van der Waals surface area contributed by atoms with Crippen LogP contribution < -0.4 is 0 Å². The average Bonchev–Trinajstić information content (AvgIpc) is 3.30. The Labute approximate surface area is 143 Å². The van der Waals surface area contributed by atoms with Crippen LogP contribution in [0.5, 0.6) is 0 Å². The van der Waals surface area contributed by atoms with Crippen molar-refractivity contribution in [3.8, 4) is 0 Å². The van der Waals surface area contributed by atoms with E-state index in [1.807, 2.05) is 6.07 Å². The first kappa shape index (κ1) is 16.2. The maximum atomic E-state index is 13.5. The second kappa shape index (κ2) is 5.35. The Hall–Kier alpha value is -2.30. The van der Waals surface area contributed by atoms with Crippen molar-refractivity contribution in [2.45, 2.75) is 36.8 Å². The first-order chi connectivity index (χ1) is 11.9. The van der Waals surface area contributed by atoms with Gasteiger partial charge in [-0.05, 0) is 59.6 Å². The van der Waals surface area contributed by atoms with E-state index in [0.29, 0.717) is 17.5 Å². The van der Waals surface area contributed by atoms with E-state index in [-0.39, 0.29) is 11.3 Å². The van der Waals surface area contributed by atoms with E-state index in [1.165, 1.54) is 13.2 Å². The first-order valence-electron chi connectivity index (χ1n) is 8.25. The maximum Gasteiger partial charge on any atom is 0.416 e. The molecule has 1 fully saturated rings. The van der Waals surface area contributed by atoms with Crippen LogP contribution in [0.4, 0.5) is 13.2 Å². The van der Waals surface area contributed by atoms with E-state index >= 15 is 0 Å². The minimum Gasteiger partial charge on any atom is -0.465 e. The van der Waals surface area contributed by atoms with Crippen LogP contribution >= 0.6 is 0 Å². The zero-order chi connectivity index (χ0) is 17.8. The van der Waals surface area contributed by atoms with Crippen molar-refractivity contribution in [3.63, 3.8) is 0 Å². The molecule has 0 heterocycles. The van der Waals surface area contributed by atoms with Crippen LogP contribution in [0.25, 0.3) is 0 Å². The summed E-state index contributed by atoms with van der Waals surface area (Å²) in [5.41, 5.74) is 1.98. The van der Waals surface area contributed by atoms with Gasteiger partial charge < -0.3 is 4.74 Å². The number of esters is 1. The molecule has 0 N–H and O–H groups in total. The van der Waals surface area contributed by atoms with Gasteiger partial charge in [-0.1, -0.05) is 24.3 Å². The summed E-state index contributed by atoms with van der Waals surface area (Å²) in [7, 11) is 1.30. The van der Waals surface area contributed by atoms with Crippen molar-refractivity contribution in [2.75, 3.05) is 7.11 Å². The molecule has 0 aliphatic heterocycles. The van der Waals surface area contributed by atoms with Crippen molar-refractivity contribution in [1.82, 2.24) is 0 Å². The molecule has 1 spiro atoms. The number of rotatable bonds is 2. The van der Waals surface area contributed by atoms with Crippen molar-refractivity contribution >= 4 is 5.97 Å². The van der Waals surface area contributed by atoms with E-state index in [9.17, 15) is 18.0 Å². The molecule has 2 aromatic carbocycles. The fourth-order valence-corrected chi connectivity index (χ4v) is 4.15. The third-order valence-corrected chi connectivity index (χ3v) is 5.51. The van der Waals surface area contributed by atoms with Crippen LogP contribution in [0.15, 0.2) is 42.5 Å². The first-order valence-corrected chi connectivity index (χ1v) is 8.25. The maximum absolute atomic E-state index is 13.5. The van der Waals surface area contributed by atoms with Crippen LogP contribution in [-0.2, 0) is 16.3 Å². The fourth-order valence-electron chi connectivity index (χ4n) is 4.15. The fraction of sp³-hybridized carbons (Fsp3) is 0.350. The minimum atomic E-state index is -4.39.